The second kappa shape index (κ2) is 23.5. The Morgan fingerprint density at radius 3 is 1.39 bits per heavy atom. The van der Waals surface area contributed by atoms with Gasteiger partial charge in [0.25, 0.3) is 0 Å². The summed E-state index contributed by atoms with van der Waals surface area (Å²) in [7, 11) is 2.62. The van der Waals surface area contributed by atoms with Crippen LogP contribution in [-0.4, -0.2) is 106 Å². The van der Waals surface area contributed by atoms with Crippen LogP contribution in [0.4, 0.5) is 29.7 Å². The average Bonchev–Trinajstić information content (AvgIpc) is 1.96. The number of hydrogen-bond acceptors (Lipinski definition) is 10. The number of likely N-dealkylation sites (tertiary alicyclic amines) is 2. The Labute approximate surface area is 504 Å². The Bertz CT molecular complexity index is 3650. The van der Waals surface area contributed by atoms with E-state index in [-0.39, 0.29) is 53.5 Å². The van der Waals surface area contributed by atoms with Crippen LogP contribution in [-0.2, 0) is 44.7 Å². The van der Waals surface area contributed by atoms with E-state index in [1.807, 2.05) is 81.4 Å². The van der Waals surface area contributed by atoms with Gasteiger partial charge in [0.05, 0.1) is 60.5 Å². The number of ether oxygens (including phenoxy) is 2. The van der Waals surface area contributed by atoms with Crippen LogP contribution >= 0.6 is 0 Å². The fourth-order valence-electron chi connectivity index (χ4n) is 15.6. The molecule has 14 rings (SSSR count). The van der Waals surface area contributed by atoms with Crippen LogP contribution in [0.1, 0.15) is 132 Å². The fourth-order valence-corrected chi connectivity index (χ4v) is 15.6. The summed E-state index contributed by atoms with van der Waals surface area (Å²) in [6.07, 6.45) is 7.17. The maximum atomic E-state index is 17.0. The van der Waals surface area contributed by atoms with Crippen molar-refractivity contribution in [3.63, 3.8) is 0 Å². The summed E-state index contributed by atoms with van der Waals surface area (Å²) in [5, 5.41) is 5.80. The predicted octanol–water partition coefficient (Wildman–Crippen LogP) is 11.8. The van der Waals surface area contributed by atoms with Crippen molar-refractivity contribution in [1.82, 2.24) is 40.4 Å². The largest absolute Gasteiger partial charge is 0.453 e. The van der Waals surface area contributed by atoms with E-state index >= 15 is 8.78 Å². The molecule has 4 N–H and O–H groups in total. The SMILES string of the molecule is COC(=O)NC(C(=O)N1CCC[C@H]1c1nc2ccc([C@H]3CC[C@H](c4ccc5nc([C@@H]6CCCN6C(=O)[C@@H](NC(=O)OC)C6Cc7ccccc7C6)[nH]c5c4)N3c3cc(F)c(N4CCC(c5ccccc5)CC4)c(F)c3)cc2[nH]1)C1Cc2ccccc2C1. The quantitative estimate of drug-likeness (QED) is 0.0867. The van der Waals surface area contributed by atoms with Crippen molar-refractivity contribution in [1.29, 1.82) is 0 Å². The van der Waals surface area contributed by atoms with E-state index in [1.165, 1.54) is 54.2 Å². The van der Waals surface area contributed by atoms with Gasteiger partial charge in [0.2, 0.25) is 11.8 Å². The van der Waals surface area contributed by atoms with Gasteiger partial charge >= 0.3 is 12.2 Å². The summed E-state index contributed by atoms with van der Waals surface area (Å²) in [5.74, 6) is -0.196. The van der Waals surface area contributed by atoms with Crippen LogP contribution in [0.5, 0.6) is 0 Å². The lowest BCUT2D eigenvalue weighted by molar-refractivity contribution is -0.136. The number of rotatable bonds is 13. The molecule has 6 atom stereocenters. The molecule has 8 aromatic rings. The maximum absolute atomic E-state index is 17.0. The predicted molar refractivity (Wildman–Crippen MR) is 327 cm³/mol. The number of halogens is 2. The molecule has 4 amide bonds. The number of fused-ring (bicyclic) bond motifs is 4. The van der Waals surface area contributed by atoms with Crippen LogP contribution in [0.3, 0.4) is 0 Å². The zero-order chi connectivity index (χ0) is 59.4. The van der Waals surface area contributed by atoms with Gasteiger partial charge in [-0.25, -0.2) is 28.3 Å². The van der Waals surface area contributed by atoms with Crippen molar-refractivity contribution >= 4 is 57.4 Å². The third-order valence-electron chi connectivity index (χ3n) is 19.8. The molecule has 4 fully saturated rings. The molecular weight excluding hydrogens is 1100 g/mol. The summed E-state index contributed by atoms with van der Waals surface area (Å²) in [4.78, 5) is 80.2. The summed E-state index contributed by atoms with van der Waals surface area (Å²) in [5.41, 5.74) is 11.3. The van der Waals surface area contributed by atoms with Crippen LogP contribution in [0.2, 0.25) is 0 Å². The number of alkyl carbamates (subject to hydrolysis) is 2. The van der Waals surface area contributed by atoms with Crippen molar-refractivity contribution in [2.45, 2.75) is 119 Å². The van der Waals surface area contributed by atoms with E-state index in [4.69, 9.17) is 19.4 Å². The van der Waals surface area contributed by atoms with Crippen molar-refractivity contribution in [3.8, 4) is 0 Å². The number of aromatic amines is 2. The number of H-pyrrole nitrogens is 2. The molecule has 448 valence electrons. The zero-order valence-corrected chi connectivity index (χ0v) is 49.0. The third-order valence-corrected chi connectivity index (χ3v) is 19.8. The molecule has 2 aliphatic carbocycles. The summed E-state index contributed by atoms with van der Waals surface area (Å²) in [6.45, 7) is 2.08. The zero-order valence-electron chi connectivity index (χ0n) is 49.0. The lowest BCUT2D eigenvalue weighted by Crippen LogP contribution is -2.52. The highest BCUT2D eigenvalue weighted by Crippen LogP contribution is 2.50. The van der Waals surface area contributed by atoms with Gasteiger partial charge in [-0.05, 0) is 170 Å². The van der Waals surface area contributed by atoms with E-state index < -0.39 is 35.9 Å². The van der Waals surface area contributed by atoms with Crippen molar-refractivity contribution in [3.05, 3.63) is 190 Å². The highest BCUT2D eigenvalue weighted by Gasteiger charge is 2.44. The first-order valence-electron chi connectivity index (χ1n) is 31.0. The average molecular weight is 1180 g/mol. The molecule has 0 saturated carbocycles. The second-order valence-corrected chi connectivity index (χ2v) is 24.7. The number of nitrogens with zero attached hydrogens (tertiary/aromatic N) is 6. The normalized spacial score (nSPS) is 21.4. The van der Waals surface area contributed by atoms with E-state index in [9.17, 15) is 19.2 Å². The van der Waals surface area contributed by atoms with Gasteiger partial charge in [0, 0.05) is 31.9 Å². The fraction of sp³-hybridized carbons (Fsp3) is 0.391. The Morgan fingerprint density at radius 2 is 0.954 bits per heavy atom. The Morgan fingerprint density at radius 1 is 0.517 bits per heavy atom. The molecule has 18 heteroatoms. The van der Waals surface area contributed by atoms with Gasteiger partial charge in [-0.1, -0.05) is 91.0 Å². The molecule has 2 aromatic heterocycles. The number of benzene rings is 6. The number of carbonyl (C=O) groups excluding carboxylic acids is 4. The lowest BCUT2D eigenvalue weighted by atomic mass is 9.89. The maximum Gasteiger partial charge on any atom is 0.407 e. The standard InChI is InChI=1S/C69H72F2N10O6/c1-86-68(84)76-61(48-32-42-14-6-7-15-43(42)33-48)66(82)79-28-10-18-59(79)64-72-53-22-20-46(36-55(53)74-64)57-24-25-58(81(57)50-38-51(70)63(52(71)39-50)78-30-26-41(27-31-78)40-12-4-3-5-13-40)47-21-23-54-56(37-47)75-65(73-54)60-19-11-29-80(60)67(83)62(77-69(85)87-2)49-34-44-16-8-9-17-45(44)35-49/h3-9,12-17,20-23,36-39,41,48-49,57-62H,10-11,18-19,24-35H2,1-2H3,(H,72,74)(H,73,75)(H,76,84)(H,77,85)/t57-,58-,59+,60+,61+,62?/m1/s1. The van der Waals surface area contributed by atoms with Crippen molar-refractivity contribution in [2.24, 2.45) is 11.8 Å². The highest BCUT2D eigenvalue weighted by atomic mass is 19.1. The molecule has 6 aromatic carbocycles. The molecule has 1 unspecified atom stereocenters. The molecule has 16 nitrogen and oxygen atoms in total. The van der Waals surface area contributed by atoms with Gasteiger partial charge < -0.3 is 49.7 Å². The topological polar surface area (TPSA) is 181 Å². The van der Waals surface area contributed by atoms with Gasteiger partial charge in [0.1, 0.15) is 29.4 Å². The summed E-state index contributed by atoms with van der Waals surface area (Å²) in [6, 6.07) is 39.0. The number of carbonyl (C=O) groups is 4. The third kappa shape index (κ3) is 10.7. The number of anilines is 2. The van der Waals surface area contributed by atoms with E-state index in [1.54, 1.807) is 0 Å². The molecule has 6 heterocycles. The molecule has 6 aliphatic rings. The van der Waals surface area contributed by atoms with Crippen LogP contribution in [0.25, 0.3) is 22.1 Å². The smallest absolute Gasteiger partial charge is 0.407 e. The first-order valence-corrected chi connectivity index (χ1v) is 31.0. The van der Waals surface area contributed by atoms with E-state index in [2.05, 4.69) is 74.0 Å². The Balaban J connectivity index is 0.760. The molecular formula is C69H72F2N10O6. The van der Waals surface area contributed by atoms with E-state index in [0.29, 0.717) is 101 Å². The molecule has 87 heavy (non-hydrogen) atoms. The van der Waals surface area contributed by atoms with Crippen LogP contribution in [0.15, 0.2) is 127 Å². The van der Waals surface area contributed by atoms with Gasteiger partial charge in [-0.3, -0.25) is 9.59 Å². The second-order valence-electron chi connectivity index (χ2n) is 24.7. The summed E-state index contributed by atoms with van der Waals surface area (Å²) >= 11 is 0. The number of imidazole rings is 2. The highest BCUT2D eigenvalue weighted by molar-refractivity contribution is 5.88. The first kappa shape index (κ1) is 56.0. The Kier molecular flexibility index (Phi) is 15.1. The number of piperidine rings is 1. The van der Waals surface area contributed by atoms with Crippen molar-refractivity contribution in [2.75, 3.05) is 50.2 Å². The number of methoxy groups -OCH3 is 2. The molecule has 4 saturated heterocycles. The molecule has 0 radical (unpaired) electrons. The number of hydrogen-bond donors (Lipinski definition) is 4. The van der Waals surface area contributed by atoms with Gasteiger partial charge in [-0.2, -0.15) is 0 Å². The number of amides is 4. The van der Waals surface area contributed by atoms with Crippen LogP contribution in [0, 0.1) is 23.5 Å². The Hall–Kier alpha value is -8.80. The minimum absolute atomic E-state index is 0.00396. The lowest BCUT2D eigenvalue weighted by Gasteiger charge is -2.36. The number of aromatic nitrogens is 4. The molecule has 0 spiro atoms. The van der Waals surface area contributed by atoms with E-state index in [0.717, 1.165) is 58.9 Å². The minimum atomic E-state index is -0.792. The molecule has 0 bridgehead atoms. The first-order chi connectivity index (χ1) is 42.5. The minimum Gasteiger partial charge on any atom is -0.453 e. The van der Waals surface area contributed by atoms with Crippen molar-refractivity contribution < 1.29 is 37.4 Å². The number of nitrogens with one attached hydrogen (secondary N) is 4. The van der Waals surface area contributed by atoms with Crippen LogP contribution < -0.4 is 20.4 Å². The molecule has 4 aliphatic heterocycles. The summed E-state index contributed by atoms with van der Waals surface area (Å²) < 4.78 is 44.1. The van der Waals surface area contributed by atoms with Gasteiger partial charge in [-0.15, -0.1) is 0 Å². The monoisotopic (exact) mass is 1170 g/mol. The van der Waals surface area contributed by atoms with Gasteiger partial charge in [0.15, 0.2) is 11.6 Å².